The zero-order valence-electron chi connectivity index (χ0n) is 11.7. The van der Waals surface area contributed by atoms with Gasteiger partial charge in [-0.1, -0.05) is 31.2 Å². The quantitative estimate of drug-likeness (QED) is 0.867. The van der Waals surface area contributed by atoms with Crippen LogP contribution in [0.2, 0.25) is 0 Å². The van der Waals surface area contributed by atoms with Crippen molar-refractivity contribution in [2.45, 2.75) is 58.8 Å². The van der Waals surface area contributed by atoms with E-state index in [1.54, 1.807) is 0 Å². The first-order valence-electron chi connectivity index (χ1n) is 6.35. The van der Waals surface area contributed by atoms with Crippen molar-refractivity contribution in [3.63, 3.8) is 0 Å². The van der Waals surface area contributed by atoms with Gasteiger partial charge in [0.05, 0.1) is 17.7 Å². The summed E-state index contributed by atoms with van der Waals surface area (Å²) in [6.07, 6.45) is 1.08. The molecule has 0 amide bonds. The molecule has 2 N–H and O–H groups in total. The van der Waals surface area contributed by atoms with Crippen molar-refractivity contribution in [1.82, 2.24) is 0 Å². The fraction of sp³-hybridized carbons (Fsp3) is 0.600. The molecule has 1 aromatic carbocycles. The highest BCUT2D eigenvalue weighted by molar-refractivity contribution is 5.25. The first-order chi connectivity index (χ1) is 7.83. The lowest BCUT2D eigenvalue weighted by atomic mass is 10.0. The van der Waals surface area contributed by atoms with Crippen LogP contribution < -0.4 is 5.73 Å². The number of benzene rings is 1. The van der Waals surface area contributed by atoms with E-state index in [2.05, 4.69) is 52.0 Å². The monoisotopic (exact) mass is 235 g/mol. The molecule has 0 saturated heterocycles. The number of aryl methyl sites for hydroxylation is 1. The highest BCUT2D eigenvalue weighted by Gasteiger charge is 2.21. The molecule has 2 atom stereocenters. The zero-order valence-corrected chi connectivity index (χ0v) is 11.7. The molecule has 17 heavy (non-hydrogen) atoms. The topological polar surface area (TPSA) is 35.2 Å². The lowest BCUT2D eigenvalue weighted by molar-refractivity contribution is -0.0617. The van der Waals surface area contributed by atoms with Gasteiger partial charge in [-0.05, 0) is 45.2 Å². The molecule has 0 bridgehead atoms. The van der Waals surface area contributed by atoms with E-state index in [0.29, 0.717) is 0 Å². The zero-order chi connectivity index (χ0) is 13.1. The Morgan fingerprint density at radius 2 is 1.71 bits per heavy atom. The van der Waals surface area contributed by atoms with Crippen molar-refractivity contribution in [2.75, 3.05) is 0 Å². The largest absolute Gasteiger partial charge is 0.371 e. The second-order valence-electron chi connectivity index (χ2n) is 5.56. The number of ether oxygens (including phenoxy) is 1. The molecule has 96 valence electrons. The Morgan fingerprint density at radius 3 is 2.12 bits per heavy atom. The lowest BCUT2D eigenvalue weighted by Gasteiger charge is -2.29. The standard InChI is InChI=1S/C15H25NO/c1-6-12-7-9-13(10-8-12)14(16)11(2)17-15(3,4)5/h7-11,14H,6,16H2,1-5H3. The van der Waals surface area contributed by atoms with Gasteiger partial charge in [-0.2, -0.15) is 0 Å². The summed E-state index contributed by atoms with van der Waals surface area (Å²) in [4.78, 5) is 0. The van der Waals surface area contributed by atoms with E-state index < -0.39 is 0 Å². The van der Waals surface area contributed by atoms with E-state index in [1.165, 1.54) is 5.56 Å². The Labute approximate surface area is 105 Å². The van der Waals surface area contributed by atoms with Gasteiger partial charge in [-0.3, -0.25) is 0 Å². The summed E-state index contributed by atoms with van der Waals surface area (Å²) >= 11 is 0. The minimum atomic E-state index is -0.152. The Kier molecular flexibility index (Phi) is 4.72. The second kappa shape index (κ2) is 5.65. The maximum atomic E-state index is 6.21. The van der Waals surface area contributed by atoms with E-state index in [0.717, 1.165) is 12.0 Å². The van der Waals surface area contributed by atoms with E-state index in [1.807, 2.05) is 6.92 Å². The molecule has 1 rings (SSSR count). The van der Waals surface area contributed by atoms with Crippen LogP contribution in [0.25, 0.3) is 0 Å². The lowest BCUT2D eigenvalue weighted by Crippen LogP contribution is -2.33. The molecule has 0 aliphatic rings. The third-order valence-electron chi connectivity index (χ3n) is 2.82. The molecule has 2 heteroatoms. The highest BCUT2D eigenvalue weighted by atomic mass is 16.5. The van der Waals surface area contributed by atoms with Crippen molar-refractivity contribution in [2.24, 2.45) is 5.73 Å². The summed E-state index contributed by atoms with van der Waals surface area (Å²) in [5.74, 6) is 0. The predicted octanol–water partition coefficient (Wildman–Crippen LogP) is 3.45. The summed E-state index contributed by atoms with van der Waals surface area (Å²) < 4.78 is 5.89. The van der Waals surface area contributed by atoms with Crippen LogP contribution in [-0.2, 0) is 11.2 Å². The second-order valence-corrected chi connectivity index (χ2v) is 5.56. The molecular formula is C15H25NO. The Balaban J connectivity index is 2.71. The van der Waals surface area contributed by atoms with Gasteiger partial charge in [0.25, 0.3) is 0 Å². The van der Waals surface area contributed by atoms with Crippen LogP contribution in [0.5, 0.6) is 0 Å². The van der Waals surface area contributed by atoms with E-state index in [9.17, 15) is 0 Å². The van der Waals surface area contributed by atoms with Crippen LogP contribution in [0, 0.1) is 0 Å². The number of nitrogens with two attached hydrogens (primary N) is 1. The third-order valence-corrected chi connectivity index (χ3v) is 2.82. The molecule has 2 unspecified atom stereocenters. The molecule has 1 aromatic rings. The third kappa shape index (κ3) is 4.49. The average molecular weight is 235 g/mol. The molecule has 0 heterocycles. The van der Waals surface area contributed by atoms with Gasteiger partial charge in [0, 0.05) is 0 Å². The minimum absolute atomic E-state index is 0.0162. The van der Waals surface area contributed by atoms with Crippen molar-refractivity contribution < 1.29 is 4.74 Å². The predicted molar refractivity (Wildman–Crippen MR) is 73.0 cm³/mol. The number of rotatable bonds is 4. The fourth-order valence-corrected chi connectivity index (χ4v) is 1.88. The summed E-state index contributed by atoms with van der Waals surface area (Å²) in [7, 11) is 0. The van der Waals surface area contributed by atoms with Crippen LogP contribution in [-0.4, -0.2) is 11.7 Å². The maximum Gasteiger partial charge on any atom is 0.0746 e. The summed E-state index contributed by atoms with van der Waals surface area (Å²) in [6.45, 7) is 10.3. The van der Waals surface area contributed by atoms with Crippen molar-refractivity contribution in [3.8, 4) is 0 Å². The average Bonchev–Trinajstić information content (AvgIpc) is 2.26. The normalized spacial score (nSPS) is 15.6. The SMILES string of the molecule is CCc1ccc(C(N)C(C)OC(C)(C)C)cc1. The smallest absolute Gasteiger partial charge is 0.0746 e. The highest BCUT2D eigenvalue weighted by Crippen LogP contribution is 2.21. The number of hydrogen-bond donors (Lipinski definition) is 1. The van der Waals surface area contributed by atoms with Crippen LogP contribution >= 0.6 is 0 Å². The van der Waals surface area contributed by atoms with Gasteiger partial charge < -0.3 is 10.5 Å². The molecule has 0 aromatic heterocycles. The van der Waals surface area contributed by atoms with Crippen LogP contribution in [0.15, 0.2) is 24.3 Å². The summed E-state index contributed by atoms with van der Waals surface area (Å²) in [5, 5.41) is 0. The van der Waals surface area contributed by atoms with E-state index in [-0.39, 0.29) is 17.7 Å². The fourth-order valence-electron chi connectivity index (χ4n) is 1.88. The molecule has 0 aliphatic heterocycles. The molecule has 2 nitrogen and oxygen atoms in total. The minimum Gasteiger partial charge on any atom is -0.371 e. The summed E-state index contributed by atoms with van der Waals surface area (Å²) in [5.41, 5.74) is 8.54. The molecular weight excluding hydrogens is 210 g/mol. The van der Waals surface area contributed by atoms with Crippen LogP contribution in [0.1, 0.15) is 51.8 Å². The molecule has 0 radical (unpaired) electrons. The van der Waals surface area contributed by atoms with Crippen molar-refractivity contribution in [3.05, 3.63) is 35.4 Å². The van der Waals surface area contributed by atoms with Crippen LogP contribution in [0.3, 0.4) is 0 Å². The first-order valence-corrected chi connectivity index (χ1v) is 6.35. The van der Waals surface area contributed by atoms with E-state index in [4.69, 9.17) is 10.5 Å². The van der Waals surface area contributed by atoms with Gasteiger partial charge in [0.1, 0.15) is 0 Å². The van der Waals surface area contributed by atoms with Crippen molar-refractivity contribution >= 4 is 0 Å². The van der Waals surface area contributed by atoms with Gasteiger partial charge in [0.15, 0.2) is 0 Å². The van der Waals surface area contributed by atoms with Gasteiger partial charge in [-0.15, -0.1) is 0 Å². The van der Waals surface area contributed by atoms with Crippen LogP contribution in [0.4, 0.5) is 0 Å². The summed E-state index contributed by atoms with van der Waals surface area (Å²) in [6, 6.07) is 8.41. The first kappa shape index (κ1) is 14.2. The maximum absolute atomic E-state index is 6.21. The molecule has 0 saturated carbocycles. The molecule has 0 spiro atoms. The van der Waals surface area contributed by atoms with Gasteiger partial charge >= 0.3 is 0 Å². The Morgan fingerprint density at radius 1 is 1.18 bits per heavy atom. The molecule has 0 aliphatic carbocycles. The van der Waals surface area contributed by atoms with E-state index >= 15 is 0 Å². The van der Waals surface area contributed by atoms with Gasteiger partial charge in [-0.25, -0.2) is 0 Å². The Bertz CT molecular complexity index is 337. The number of hydrogen-bond acceptors (Lipinski definition) is 2. The molecule has 0 fully saturated rings. The van der Waals surface area contributed by atoms with Gasteiger partial charge in [0.2, 0.25) is 0 Å². The van der Waals surface area contributed by atoms with Crippen molar-refractivity contribution in [1.29, 1.82) is 0 Å². The Hall–Kier alpha value is -0.860.